The summed E-state index contributed by atoms with van der Waals surface area (Å²) in [6, 6.07) is 6.32. The lowest BCUT2D eigenvalue weighted by Crippen LogP contribution is -2.48. The van der Waals surface area contributed by atoms with E-state index < -0.39 is 0 Å². The fourth-order valence-electron chi connectivity index (χ4n) is 3.91. The van der Waals surface area contributed by atoms with Crippen LogP contribution in [0.4, 0.5) is 9.52 Å². The van der Waals surface area contributed by atoms with E-state index in [2.05, 4.69) is 21.2 Å². The van der Waals surface area contributed by atoms with Crippen molar-refractivity contribution in [3.63, 3.8) is 0 Å². The predicted octanol–water partition coefficient (Wildman–Crippen LogP) is 3.50. The molecule has 2 fully saturated rings. The highest BCUT2D eigenvalue weighted by Gasteiger charge is 2.36. The van der Waals surface area contributed by atoms with Crippen molar-refractivity contribution < 1.29 is 9.18 Å². The molecule has 5 nitrogen and oxygen atoms in total. The predicted molar refractivity (Wildman–Crippen MR) is 104 cm³/mol. The van der Waals surface area contributed by atoms with Gasteiger partial charge in [0.1, 0.15) is 17.7 Å². The number of anilines is 1. The molecule has 2 aliphatic rings. The maximum absolute atomic E-state index is 13.1. The third-order valence-electron chi connectivity index (χ3n) is 5.61. The zero-order valence-corrected chi connectivity index (χ0v) is 16.4. The van der Waals surface area contributed by atoms with Crippen molar-refractivity contribution in [2.45, 2.75) is 45.1 Å². The standard InChI is InChI=1S/C20H25FN4OS/c1-14-8-11-24(12-9-14)19(26)17-3-2-10-25(17)20-22-18(23-27-20)13-15-4-6-16(21)7-5-15/h4-7,14,17H,2-3,8-13H2,1H3. The Labute approximate surface area is 163 Å². The number of carbonyl (C=O) groups excluding carboxylic acids is 1. The Morgan fingerprint density at radius 2 is 1.93 bits per heavy atom. The number of nitrogens with zero attached hydrogens (tertiary/aromatic N) is 4. The molecule has 0 aliphatic carbocycles. The number of amides is 1. The maximum atomic E-state index is 13.1. The lowest BCUT2D eigenvalue weighted by atomic mass is 9.98. The fourth-order valence-corrected chi connectivity index (χ4v) is 4.67. The second-order valence-corrected chi connectivity index (χ2v) is 8.39. The Kier molecular flexibility index (Phi) is 5.38. The molecule has 1 aromatic carbocycles. The minimum absolute atomic E-state index is 0.106. The molecule has 27 heavy (non-hydrogen) atoms. The first-order chi connectivity index (χ1) is 13.1. The molecule has 7 heteroatoms. The number of hydrogen-bond acceptors (Lipinski definition) is 5. The van der Waals surface area contributed by atoms with E-state index in [9.17, 15) is 9.18 Å². The van der Waals surface area contributed by atoms with Crippen LogP contribution < -0.4 is 4.90 Å². The molecule has 1 unspecified atom stereocenters. The average molecular weight is 389 g/mol. The van der Waals surface area contributed by atoms with Crippen LogP contribution in [0.1, 0.15) is 44.0 Å². The molecule has 4 rings (SSSR count). The van der Waals surface area contributed by atoms with E-state index in [1.54, 1.807) is 12.1 Å². The van der Waals surface area contributed by atoms with Crippen LogP contribution in [0.2, 0.25) is 0 Å². The molecule has 0 spiro atoms. The second-order valence-electron chi connectivity index (χ2n) is 7.66. The summed E-state index contributed by atoms with van der Waals surface area (Å²) >= 11 is 1.36. The molecule has 2 saturated heterocycles. The van der Waals surface area contributed by atoms with Crippen molar-refractivity contribution in [2.24, 2.45) is 5.92 Å². The molecule has 144 valence electrons. The summed E-state index contributed by atoms with van der Waals surface area (Å²) in [6.07, 6.45) is 4.66. The zero-order valence-electron chi connectivity index (χ0n) is 15.6. The van der Waals surface area contributed by atoms with Crippen LogP contribution in [0.15, 0.2) is 24.3 Å². The van der Waals surface area contributed by atoms with Gasteiger partial charge in [-0.25, -0.2) is 9.37 Å². The highest BCUT2D eigenvalue weighted by molar-refractivity contribution is 7.09. The molecule has 0 N–H and O–H groups in total. The molecular formula is C20H25FN4OS. The van der Waals surface area contributed by atoms with E-state index in [-0.39, 0.29) is 17.8 Å². The quantitative estimate of drug-likeness (QED) is 0.804. The largest absolute Gasteiger partial charge is 0.341 e. The molecule has 2 aromatic rings. The van der Waals surface area contributed by atoms with E-state index in [1.165, 1.54) is 23.7 Å². The van der Waals surface area contributed by atoms with Gasteiger partial charge in [0.15, 0.2) is 0 Å². The molecule has 3 heterocycles. The number of halogens is 1. The van der Waals surface area contributed by atoms with Crippen molar-refractivity contribution in [1.29, 1.82) is 0 Å². The molecule has 0 bridgehead atoms. The van der Waals surface area contributed by atoms with Gasteiger partial charge in [0.2, 0.25) is 11.0 Å². The average Bonchev–Trinajstić information content (AvgIpc) is 3.33. The normalized spacial score (nSPS) is 21.0. The Bertz CT molecular complexity index is 786. The van der Waals surface area contributed by atoms with Gasteiger partial charge in [0, 0.05) is 37.6 Å². The Balaban J connectivity index is 1.43. The number of aromatic nitrogens is 2. The molecule has 1 amide bonds. The molecule has 2 aliphatic heterocycles. The molecule has 0 saturated carbocycles. The van der Waals surface area contributed by atoms with Gasteiger partial charge in [-0.15, -0.1) is 0 Å². The van der Waals surface area contributed by atoms with Crippen LogP contribution in [0.5, 0.6) is 0 Å². The minimum atomic E-state index is -0.240. The van der Waals surface area contributed by atoms with Crippen molar-refractivity contribution in [1.82, 2.24) is 14.3 Å². The molecular weight excluding hydrogens is 363 g/mol. The zero-order chi connectivity index (χ0) is 18.8. The number of likely N-dealkylation sites (tertiary alicyclic amines) is 1. The van der Waals surface area contributed by atoms with E-state index >= 15 is 0 Å². The van der Waals surface area contributed by atoms with E-state index in [1.807, 2.05) is 4.90 Å². The monoisotopic (exact) mass is 388 g/mol. The number of rotatable bonds is 4. The molecule has 1 aromatic heterocycles. The van der Waals surface area contributed by atoms with E-state index in [0.717, 1.165) is 61.8 Å². The van der Waals surface area contributed by atoms with Gasteiger partial charge in [0.25, 0.3) is 0 Å². The lowest BCUT2D eigenvalue weighted by Gasteiger charge is -2.34. The highest BCUT2D eigenvalue weighted by atomic mass is 32.1. The summed E-state index contributed by atoms with van der Waals surface area (Å²) in [4.78, 5) is 21.9. The van der Waals surface area contributed by atoms with E-state index in [4.69, 9.17) is 0 Å². The highest BCUT2D eigenvalue weighted by Crippen LogP contribution is 2.29. The summed E-state index contributed by atoms with van der Waals surface area (Å²) in [6.45, 7) is 4.85. The first-order valence-electron chi connectivity index (χ1n) is 9.72. The van der Waals surface area contributed by atoms with Gasteiger partial charge in [-0.2, -0.15) is 4.37 Å². The van der Waals surface area contributed by atoms with Crippen LogP contribution in [-0.4, -0.2) is 45.8 Å². The number of piperidine rings is 1. The van der Waals surface area contributed by atoms with E-state index in [0.29, 0.717) is 12.3 Å². The number of carbonyl (C=O) groups is 1. The summed E-state index contributed by atoms with van der Waals surface area (Å²) in [5.74, 6) is 1.45. The van der Waals surface area contributed by atoms with Gasteiger partial charge in [-0.1, -0.05) is 19.1 Å². The Morgan fingerprint density at radius 1 is 1.19 bits per heavy atom. The summed E-state index contributed by atoms with van der Waals surface area (Å²) in [7, 11) is 0. The van der Waals surface area contributed by atoms with Crippen LogP contribution in [0.3, 0.4) is 0 Å². The lowest BCUT2D eigenvalue weighted by molar-refractivity contribution is -0.133. The minimum Gasteiger partial charge on any atom is -0.341 e. The maximum Gasteiger partial charge on any atom is 0.245 e. The second kappa shape index (κ2) is 7.92. The van der Waals surface area contributed by atoms with Gasteiger partial charge in [0.05, 0.1) is 0 Å². The third kappa shape index (κ3) is 4.13. The van der Waals surface area contributed by atoms with Crippen molar-refractivity contribution in [3.05, 3.63) is 41.5 Å². The van der Waals surface area contributed by atoms with Gasteiger partial charge < -0.3 is 9.80 Å². The molecule has 0 radical (unpaired) electrons. The summed E-state index contributed by atoms with van der Waals surface area (Å²) in [5, 5.41) is 0.827. The first kappa shape index (κ1) is 18.3. The smallest absolute Gasteiger partial charge is 0.245 e. The third-order valence-corrected chi connectivity index (χ3v) is 6.40. The van der Waals surface area contributed by atoms with Gasteiger partial charge in [-0.05, 0) is 49.3 Å². The van der Waals surface area contributed by atoms with Crippen LogP contribution in [-0.2, 0) is 11.2 Å². The Hall–Kier alpha value is -2.02. The van der Waals surface area contributed by atoms with Crippen LogP contribution in [0.25, 0.3) is 0 Å². The molecule has 1 atom stereocenters. The fraction of sp³-hybridized carbons (Fsp3) is 0.550. The SMILES string of the molecule is CC1CCN(C(=O)C2CCCN2c2nc(Cc3ccc(F)cc3)ns2)CC1. The van der Waals surface area contributed by atoms with Gasteiger partial charge >= 0.3 is 0 Å². The van der Waals surface area contributed by atoms with Crippen molar-refractivity contribution in [2.75, 3.05) is 24.5 Å². The van der Waals surface area contributed by atoms with Crippen molar-refractivity contribution >= 4 is 22.6 Å². The van der Waals surface area contributed by atoms with Crippen LogP contribution >= 0.6 is 11.5 Å². The topological polar surface area (TPSA) is 49.3 Å². The van der Waals surface area contributed by atoms with Gasteiger partial charge in [-0.3, -0.25) is 4.79 Å². The summed E-state index contributed by atoms with van der Waals surface area (Å²) in [5.41, 5.74) is 0.984. The first-order valence-corrected chi connectivity index (χ1v) is 10.5. The number of hydrogen-bond donors (Lipinski definition) is 0. The number of benzene rings is 1. The van der Waals surface area contributed by atoms with Crippen LogP contribution in [0, 0.1) is 11.7 Å². The summed E-state index contributed by atoms with van der Waals surface area (Å²) < 4.78 is 17.5. The van der Waals surface area contributed by atoms with Crippen molar-refractivity contribution in [3.8, 4) is 0 Å². The Morgan fingerprint density at radius 3 is 2.67 bits per heavy atom.